The second-order valence-corrected chi connectivity index (χ2v) is 2.68. The van der Waals surface area contributed by atoms with Crippen LogP contribution in [0.1, 0.15) is 10.4 Å². The minimum atomic E-state index is -2.23. The van der Waals surface area contributed by atoms with Gasteiger partial charge in [0.15, 0.2) is 11.6 Å². The van der Waals surface area contributed by atoms with Crippen LogP contribution in [0.3, 0.4) is 0 Å². The highest BCUT2D eigenvalue weighted by atomic mass is 35.5. The predicted octanol–water partition coefficient (Wildman–Crippen LogP) is 2.68. The maximum atomic E-state index is 12.5. The molecule has 1 nitrogen and oxygen atoms in total. The summed E-state index contributed by atoms with van der Waals surface area (Å²) in [5.74, 6) is -3.38. The molecule has 1 aromatic carbocycles. The molecule has 1 atom stereocenters. The Morgan fingerprint density at radius 1 is 1.31 bits per heavy atom. The first kappa shape index (κ1) is 10.1. The Bertz CT molecular complexity index is 338. The first-order valence-electron chi connectivity index (χ1n) is 3.30. The quantitative estimate of drug-likeness (QED) is 0.540. The van der Waals surface area contributed by atoms with Gasteiger partial charge in [0.05, 0.1) is 0 Å². The van der Waals surface area contributed by atoms with Gasteiger partial charge in [0.2, 0.25) is 11.4 Å². The molecule has 0 aliphatic rings. The number of carbonyl (C=O) groups excluding carboxylic acids is 1. The van der Waals surface area contributed by atoms with E-state index in [9.17, 15) is 18.0 Å². The topological polar surface area (TPSA) is 17.1 Å². The lowest BCUT2D eigenvalue weighted by molar-refractivity contribution is 0.0934. The number of hydrogen-bond donors (Lipinski definition) is 0. The molecule has 0 spiro atoms. The van der Waals surface area contributed by atoms with Gasteiger partial charge in [0.1, 0.15) is 0 Å². The van der Waals surface area contributed by atoms with E-state index in [-0.39, 0.29) is 5.56 Å². The fraction of sp³-hybridized carbons (Fsp3) is 0.125. The van der Waals surface area contributed by atoms with Gasteiger partial charge in [0.25, 0.3) is 0 Å². The second kappa shape index (κ2) is 3.79. The number of halogens is 4. The molecule has 0 N–H and O–H groups in total. The molecule has 0 radical (unpaired) electrons. The van der Waals surface area contributed by atoms with Crippen LogP contribution >= 0.6 is 11.6 Å². The number of rotatable bonds is 2. The molecule has 0 bridgehead atoms. The summed E-state index contributed by atoms with van der Waals surface area (Å²) >= 11 is 4.82. The van der Waals surface area contributed by atoms with Crippen molar-refractivity contribution in [1.29, 1.82) is 0 Å². The first-order valence-corrected chi connectivity index (χ1v) is 3.73. The lowest BCUT2D eigenvalue weighted by atomic mass is 10.1. The molecule has 0 aliphatic heterocycles. The molecule has 0 saturated heterocycles. The van der Waals surface area contributed by atoms with E-state index in [1.807, 2.05) is 0 Å². The van der Waals surface area contributed by atoms with Crippen LogP contribution in [0.25, 0.3) is 0 Å². The van der Waals surface area contributed by atoms with Crippen LogP contribution in [0, 0.1) is 11.6 Å². The number of Topliss-reactive ketones (excluding diaryl/α,β-unsaturated/α-hetero) is 1. The lowest BCUT2D eigenvalue weighted by Gasteiger charge is -2.00. The van der Waals surface area contributed by atoms with Crippen molar-refractivity contribution in [2.75, 3.05) is 0 Å². The fourth-order valence-electron chi connectivity index (χ4n) is 0.775. The van der Waals surface area contributed by atoms with Crippen molar-refractivity contribution in [2.24, 2.45) is 0 Å². The average molecular weight is 209 g/mol. The Balaban J connectivity index is 3.04. The van der Waals surface area contributed by atoms with Crippen molar-refractivity contribution in [3.05, 3.63) is 35.4 Å². The van der Waals surface area contributed by atoms with E-state index in [0.717, 1.165) is 12.1 Å². The molecule has 0 aromatic heterocycles. The van der Waals surface area contributed by atoms with Gasteiger partial charge in [-0.3, -0.25) is 4.79 Å². The number of alkyl halides is 2. The number of benzene rings is 1. The molecule has 70 valence electrons. The first-order chi connectivity index (χ1) is 6.02. The van der Waals surface area contributed by atoms with Crippen molar-refractivity contribution < 1.29 is 18.0 Å². The molecule has 5 heteroatoms. The number of hydrogen-bond acceptors (Lipinski definition) is 1. The molecule has 1 rings (SSSR count). The van der Waals surface area contributed by atoms with Gasteiger partial charge in [-0.2, -0.15) is 0 Å². The lowest BCUT2D eigenvalue weighted by Crippen LogP contribution is -2.09. The van der Waals surface area contributed by atoms with Crippen molar-refractivity contribution in [3.63, 3.8) is 0 Å². The second-order valence-electron chi connectivity index (χ2n) is 2.29. The summed E-state index contributed by atoms with van der Waals surface area (Å²) < 4.78 is 37.1. The molecular formula is C8H4ClF3O. The van der Waals surface area contributed by atoms with Gasteiger partial charge in [-0.15, -0.1) is 0 Å². The van der Waals surface area contributed by atoms with Gasteiger partial charge < -0.3 is 0 Å². The SMILES string of the molecule is O=C(c1ccc(F)c(F)c1)C(F)Cl. The monoisotopic (exact) mass is 208 g/mol. The van der Waals surface area contributed by atoms with Gasteiger partial charge in [-0.25, -0.2) is 13.2 Å². The number of carbonyl (C=O) groups is 1. The van der Waals surface area contributed by atoms with E-state index >= 15 is 0 Å². The predicted molar refractivity (Wildman–Crippen MR) is 41.4 cm³/mol. The van der Waals surface area contributed by atoms with Gasteiger partial charge in [-0.1, -0.05) is 11.6 Å². The third kappa shape index (κ3) is 2.21. The minimum absolute atomic E-state index is 0.290. The van der Waals surface area contributed by atoms with Gasteiger partial charge in [-0.05, 0) is 18.2 Å². The third-order valence-electron chi connectivity index (χ3n) is 1.40. The van der Waals surface area contributed by atoms with Crippen molar-refractivity contribution in [2.45, 2.75) is 5.63 Å². The highest BCUT2D eigenvalue weighted by molar-refractivity contribution is 6.32. The summed E-state index contributed by atoms with van der Waals surface area (Å²) in [6.07, 6.45) is 0. The van der Waals surface area contributed by atoms with Crippen molar-refractivity contribution in [1.82, 2.24) is 0 Å². The van der Waals surface area contributed by atoms with Crippen LogP contribution < -0.4 is 0 Å². The fourth-order valence-corrected chi connectivity index (χ4v) is 0.901. The molecule has 0 heterocycles. The Labute approximate surface area is 77.1 Å². The summed E-state index contributed by atoms with van der Waals surface area (Å²) in [6, 6.07) is 2.31. The summed E-state index contributed by atoms with van der Waals surface area (Å²) in [5, 5.41) is 0. The van der Waals surface area contributed by atoms with Crippen LogP contribution in [0.4, 0.5) is 13.2 Å². The summed E-state index contributed by atoms with van der Waals surface area (Å²) in [6.45, 7) is 0. The molecule has 0 saturated carbocycles. The van der Waals surface area contributed by atoms with Gasteiger partial charge in [0, 0.05) is 5.56 Å². The van der Waals surface area contributed by atoms with E-state index in [4.69, 9.17) is 11.6 Å². The van der Waals surface area contributed by atoms with E-state index in [1.165, 1.54) is 0 Å². The summed E-state index contributed by atoms with van der Waals surface area (Å²) in [7, 11) is 0. The number of ketones is 1. The maximum Gasteiger partial charge on any atom is 0.235 e. The van der Waals surface area contributed by atoms with Crippen LogP contribution in [-0.4, -0.2) is 11.4 Å². The molecular weight excluding hydrogens is 205 g/mol. The van der Waals surface area contributed by atoms with E-state index in [2.05, 4.69) is 0 Å². The Kier molecular flexibility index (Phi) is 2.93. The van der Waals surface area contributed by atoms with Gasteiger partial charge >= 0.3 is 0 Å². The van der Waals surface area contributed by atoms with E-state index in [0.29, 0.717) is 6.07 Å². The molecule has 0 amide bonds. The zero-order valence-corrected chi connectivity index (χ0v) is 6.99. The Morgan fingerprint density at radius 2 is 1.92 bits per heavy atom. The standard InChI is InChI=1S/C8H4ClF3O/c9-8(12)7(13)4-1-2-5(10)6(11)3-4/h1-3,8H. The molecule has 0 fully saturated rings. The molecule has 1 aromatic rings. The highest BCUT2D eigenvalue weighted by Gasteiger charge is 2.17. The summed E-state index contributed by atoms with van der Waals surface area (Å²) in [5.41, 5.74) is -2.52. The zero-order chi connectivity index (χ0) is 10.0. The highest BCUT2D eigenvalue weighted by Crippen LogP contribution is 2.13. The van der Waals surface area contributed by atoms with Crippen LogP contribution in [0.15, 0.2) is 18.2 Å². The van der Waals surface area contributed by atoms with Crippen LogP contribution in [-0.2, 0) is 0 Å². The average Bonchev–Trinajstić information content (AvgIpc) is 2.08. The molecule has 0 aliphatic carbocycles. The van der Waals surface area contributed by atoms with Crippen LogP contribution in [0.2, 0.25) is 0 Å². The Morgan fingerprint density at radius 3 is 2.38 bits per heavy atom. The van der Waals surface area contributed by atoms with E-state index in [1.54, 1.807) is 0 Å². The summed E-state index contributed by atoms with van der Waals surface area (Å²) in [4.78, 5) is 10.8. The smallest absolute Gasteiger partial charge is 0.235 e. The molecule has 13 heavy (non-hydrogen) atoms. The largest absolute Gasteiger partial charge is 0.289 e. The van der Waals surface area contributed by atoms with Crippen molar-refractivity contribution >= 4 is 17.4 Å². The van der Waals surface area contributed by atoms with Crippen molar-refractivity contribution in [3.8, 4) is 0 Å². The Hall–Kier alpha value is -1.03. The van der Waals surface area contributed by atoms with E-state index < -0.39 is 23.0 Å². The van der Waals surface area contributed by atoms with Crippen LogP contribution in [0.5, 0.6) is 0 Å². The molecule has 1 unspecified atom stereocenters. The zero-order valence-electron chi connectivity index (χ0n) is 6.23. The normalized spacial score (nSPS) is 12.6. The third-order valence-corrected chi connectivity index (χ3v) is 1.60. The minimum Gasteiger partial charge on any atom is -0.289 e. The maximum absolute atomic E-state index is 12.5.